The van der Waals surface area contributed by atoms with Crippen LogP contribution < -0.4 is 10.1 Å². The molecule has 180 valence electrons. The minimum absolute atomic E-state index is 0.106. The Balaban J connectivity index is 1.59. The molecular weight excluding hydrogens is 466 g/mol. The van der Waals surface area contributed by atoms with Gasteiger partial charge in [0.15, 0.2) is 0 Å². The van der Waals surface area contributed by atoms with E-state index < -0.39 is 16.0 Å². The van der Waals surface area contributed by atoms with Crippen molar-refractivity contribution in [3.8, 4) is 5.75 Å². The quantitative estimate of drug-likeness (QED) is 0.561. The van der Waals surface area contributed by atoms with Gasteiger partial charge in [-0.05, 0) is 50.6 Å². The Bertz CT molecular complexity index is 1100. The third kappa shape index (κ3) is 5.72. The molecule has 0 spiro atoms. The highest BCUT2D eigenvalue weighted by Gasteiger charge is 2.29. The van der Waals surface area contributed by atoms with Crippen LogP contribution in [-0.2, 0) is 19.6 Å². The molecule has 1 aliphatic rings. The predicted molar refractivity (Wildman–Crippen MR) is 127 cm³/mol. The van der Waals surface area contributed by atoms with E-state index in [1.54, 1.807) is 19.1 Å². The Morgan fingerprint density at radius 1 is 1.09 bits per heavy atom. The fourth-order valence-electron chi connectivity index (χ4n) is 3.56. The van der Waals surface area contributed by atoms with Crippen LogP contribution in [0.4, 0.5) is 5.00 Å². The number of hydrogen-bond acceptors (Lipinski definition) is 8. The molecule has 0 aliphatic carbocycles. The third-order valence-electron chi connectivity index (χ3n) is 5.51. The molecule has 1 fully saturated rings. The average Bonchev–Trinajstić information content (AvgIpc) is 3.07. The van der Waals surface area contributed by atoms with Crippen molar-refractivity contribution >= 4 is 38.2 Å². The van der Waals surface area contributed by atoms with Crippen LogP contribution in [0.15, 0.2) is 29.2 Å². The van der Waals surface area contributed by atoms with E-state index in [1.165, 1.54) is 34.9 Å². The van der Waals surface area contributed by atoms with E-state index in [1.807, 2.05) is 18.7 Å². The number of methoxy groups -OCH3 is 1. The summed E-state index contributed by atoms with van der Waals surface area (Å²) in [5, 5.41) is 3.31. The van der Waals surface area contributed by atoms with Gasteiger partial charge in [-0.15, -0.1) is 11.3 Å². The number of amides is 1. The van der Waals surface area contributed by atoms with Crippen molar-refractivity contribution in [3.05, 3.63) is 40.3 Å². The van der Waals surface area contributed by atoms with Crippen LogP contribution in [0.2, 0.25) is 0 Å². The van der Waals surface area contributed by atoms with Gasteiger partial charge >= 0.3 is 5.97 Å². The number of piperazine rings is 1. The van der Waals surface area contributed by atoms with Crippen LogP contribution in [0.1, 0.15) is 27.7 Å². The molecule has 11 heteroatoms. The highest BCUT2D eigenvalue weighted by atomic mass is 32.2. The topological polar surface area (TPSA) is 105 Å². The molecule has 1 N–H and O–H groups in total. The van der Waals surface area contributed by atoms with E-state index in [0.29, 0.717) is 29.4 Å². The van der Waals surface area contributed by atoms with Crippen molar-refractivity contribution in [2.24, 2.45) is 0 Å². The lowest BCUT2D eigenvalue weighted by Gasteiger charge is -2.33. The SMILES string of the molecule is CCOC(=O)c1c(NC(=O)CN2CCN(S(=O)(=O)c3ccc(OC)cc3)CC2)sc(C)c1C. The van der Waals surface area contributed by atoms with Crippen molar-refractivity contribution in [1.82, 2.24) is 9.21 Å². The number of nitrogens with zero attached hydrogens (tertiary/aromatic N) is 2. The Morgan fingerprint density at radius 2 is 1.73 bits per heavy atom. The van der Waals surface area contributed by atoms with E-state index in [4.69, 9.17) is 9.47 Å². The van der Waals surface area contributed by atoms with Crippen molar-refractivity contribution in [3.63, 3.8) is 0 Å². The molecule has 2 heterocycles. The zero-order chi connectivity index (χ0) is 24.2. The average molecular weight is 496 g/mol. The van der Waals surface area contributed by atoms with Crippen LogP contribution >= 0.6 is 11.3 Å². The fourth-order valence-corrected chi connectivity index (χ4v) is 6.04. The Hall–Kier alpha value is -2.47. The number of hydrogen-bond donors (Lipinski definition) is 1. The number of rotatable bonds is 8. The fraction of sp³-hybridized carbons (Fsp3) is 0.455. The van der Waals surface area contributed by atoms with E-state index in [0.717, 1.165) is 10.4 Å². The van der Waals surface area contributed by atoms with Gasteiger partial charge < -0.3 is 14.8 Å². The molecule has 1 aliphatic heterocycles. The van der Waals surface area contributed by atoms with Crippen molar-refractivity contribution in [1.29, 1.82) is 0 Å². The molecule has 1 saturated heterocycles. The summed E-state index contributed by atoms with van der Waals surface area (Å²) in [5.74, 6) is -0.118. The molecular formula is C22H29N3O6S2. The van der Waals surface area contributed by atoms with Gasteiger partial charge in [0.2, 0.25) is 15.9 Å². The number of carbonyl (C=O) groups is 2. The molecule has 0 radical (unpaired) electrons. The van der Waals surface area contributed by atoms with Crippen LogP contribution in [0.3, 0.4) is 0 Å². The summed E-state index contributed by atoms with van der Waals surface area (Å²) in [6.07, 6.45) is 0. The first-order valence-corrected chi connectivity index (χ1v) is 12.9. The van der Waals surface area contributed by atoms with E-state index in [-0.39, 0.29) is 37.0 Å². The summed E-state index contributed by atoms with van der Waals surface area (Å²) >= 11 is 1.34. The monoisotopic (exact) mass is 495 g/mol. The Morgan fingerprint density at radius 3 is 2.30 bits per heavy atom. The van der Waals surface area contributed by atoms with Crippen LogP contribution in [0.5, 0.6) is 5.75 Å². The van der Waals surface area contributed by atoms with Gasteiger partial charge in [-0.25, -0.2) is 13.2 Å². The van der Waals surface area contributed by atoms with Gasteiger partial charge in [0.25, 0.3) is 0 Å². The summed E-state index contributed by atoms with van der Waals surface area (Å²) in [7, 11) is -2.08. The minimum atomic E-state index is -3.61. The Labute approximate surface area is 198 Å². The maximum Gasteiger partial charge on any atom is 0.341 e. The summed E-state index contributed by atoms with van der Waals surface area (Å²) < 4.78 is 37.4. The van der Waals surface area contributed by atoms with Crippen molar-refractivity contribution < 1.29 is 27.5 Å². The molecule has 3 rings (SSSR count). The maximum atomic E-state index is 12.9. The molecule has 1 aromatic carbocycles. The number of thiophene rings is 1. The first-order chi connectivity index (χ1) is 15.7. The van der Waals surface area contributed by atoms with Crippen molar-refractivity contribution in [2.75, 3.05) is 51.8 Å². The first-order valence-electron chi connectivity index (χ1n) is 10.6. The lowest BCUT2D eigenvalue weighted by molar-refractivity contribution is -0.117. The second-order valence-corrected chi connectivity index (χ2v) is 10.8. The second kappa shape index (κ2) is 10.6. The number of carbonyl (C=O) groups excluding carboxylic acids is 2. The summed E-state index contributed by atoms with van der Waals surface area (Å²) in [4.78, 5) is 28.0. The molecule has 0 unspecified atom stereocenters. The third-order valence-corrected chi connectivity index (χ3v) is 8.55. The van der Waals surface area contributed by atoms with Crippen LogP contribution in [-0.4, -0.2) is 75.9 Å². The minimum Gasteiger partial charge on any atom is -0.497 e. The lowest BCUT2D eigenvalue weighted by atomic mass is 10.1. The van der Waals surface area contributed by atoms with Gasteiger partial charge in [0.1, 0.15) is 10.8 Å². The largest absolute Gasteiger partial charge is 0.497 e. The van der Waals surface area contributed by atoms with E-state index in [9.17, 15) is 18.0 Å². The standard InChI is InChI=1S/C22H29N3O6S2/c1-5-31-22(27)20-15(2)16(3)32-21(20)23-19(26)14-24-10-12-25(13-11-24)33(28,29)18-8-6-17(30-4)7-9-18/h6-9H,5,10-14H2,1-4H3,(H,23,26). The van der Waals surface area contributed by atoms with Crippen LogP contribution in [0.25, 0.3) is 0 Å². The van der Waals surface area contributed by atoms with Crippen LogP contribution in [0, 0.1) is 13.8 Å². The number of anilines is 1. The van der Waals surface area contributed by atoms with Gasteiger partial charge in [-0.1, -0.05) is 0 Å². The Kier molecular flexibility index (Phi) is 8.11. The smallest absolute Gasteiger partial charge is 0.341 e. The number of sulfonamides is 1. The first kappa shape index (κ1) is 25.2. The molecule has 33 heavy (non-hydrogen) atoms. The normalized spacial score (nSPS) is 15.3. The van der Waals surface area contributed by atoms with E-state index in [2.05, 4.69) is 5.32 Å². The molecule has 1 aromatic heterocycles. The highest BCUT2D eigenvalue weighted by molar-refractivity contribution is 7.89. The molecule has 0 atom stereocenters. The molecule has 9 nitrogen and oxygen atoms in total. The zero-order valence-corrected chi connectivity index (χ0v) is 20.8. The molecule has 0 saturated carbocycles. The number of aryl methyl sites for hydroxylation is 1. The molecule has 0 bridgehead atoms. The van der Waals surface area contributed by atoms with Gasteiger partial charge in [-0.3, -0.25) is 9.69 Å². The molecule has 1 amide bonds. The maximum absolute atomic E-state index is 12.9. The number of benzene rings is 1. The summed E-state index contributed by atoms with van der Waals surface area (Å²) in [5.41, 5.74) is 1.19. The number of ether oxygens (including phenoxy) is 2. The summed E-state index contributed by atoms with van der Waals surface area (Å²) in [6.45, 7) is 7.24. The van der Waals surface area contributed by atoms with Gasteiger partial charge in [-0.2, -0.15) is 4.31 Å². The molecule has 2 aromatic rings. The zero-order valence-electron chi connectivity index (χ0n) is 19.2. The number of nitrogens with one attached hydrogen (secondary N) is 1. The van der Waals surface area contributed by atoms with E-state index >= 15 is 0 Å². The van der Waals surface area contributed by atoms with Gasteiger partial charge in [0.05, 0.1) is 30.7 Å². The lowest BCUT2D eigenvalue weighted by Crippen LogP contribution is -2.50. The second-order valence-electron chi connectivity index (χ2n) is 7.61. The predicted octanol–water partition coefficient (Wildman–Crippen LogP) is 2.50. The summed E-state index contributed by atoms with van der Waals surface area (Å²) in [6, 6.07) is 6.29. The van der Waals surface area contributed by atoms with Gasteiger partial charge in [0, 0.05) is 31.1 Å². The highest BCUT2D eigenvalue weighted by Crippen LogP contribution is 2.33. The number of esters is 1. The van der Waals surface area contributed by atoms with Crippen molar-refractivity contribution in [2.45, 2.75) is 25.7 Å².